The van der Waals surface area contributed by atoms with Crippen molar-refractivity contribution in [2.75, 3.05) is 0 Å². The molecular formula is C36H23NS. The van der Waals surface area contributed by atoms with E-state index in [0.29, 0.717) is 0 Å². The standard InChI is InChI=1S/C36H23NS/c1-2-9-23(10-3-1)24-19-20-32-31(22-24)29-16-7-15-28(36(29)37-32)26-12-6-11-25(21-26)27-14-8-18-34-35(27)30-13-4-5-17-33(30)38-34/h1-22,37H. The summed E-state index contributed by atoms with van der Waals surface area (Å²) in [5, 5.41) is 5.20. The number of para-hydroxylation sites is 1. The summed E-state index contributed by atoms with van der Waals surface area (Å²) in [5.74, 6) is 0. The normalized spacial score (nSPS) is 11.7. The molecule has 0 aliphatic carbocycles. The minimum atomic E-state index is 1.16. The fourth-order valence-electron chi connectivity index (χ4n) is 5.84. The maximum Gasteiger partial charge on any atom is 0.0544 e. The number of H-pyrrole nitrogens is 1. The number of benzene rings is 6. The van der Waals surface area contributed by atoms with Gasteiger partial charge in [-0.15, -0.1) is 11.3 Å². The Balaban J connectivity index is 1.30. The zero-order chi connectivity index (χ0) is 25.1. The molecule has 0 atom stereocenters. The number of fused-ring (bicyclic) bond motifs is 6. The van der Waals surface area contributed by atoms with Crippen molar-refractivity contribution in [2.24, 2.45) is 0 Å². The van der Waals surface area contributed by atoms with Crippen LogP contribution >= 0.6 is 11.3 Å². The molecule has 0 bridgehead atoms. The molecule has 0 spiro atoms. The molecule has 0 amide bonds. The van der Waals surface area contributed by atoms with E-state index in [0.717, 1.165) is 5.52 Å². The first-order valence-electron chi connectivity index (χ1n) is 12.9. The van der Waals surface area contributed by atoms with Crippen LogP contribution in [0.2, 0.25) is 0 Å². The fourth-order valence-corrected chi connectivity index (χ4v) is 6.97. The summed E-state index contributed by atoms with van der Waals surface area (Å²) in [4.78, 5) is 3.73. The highest BCUT2D eigenvalue weighted by Crippen LogP contribution is 2.41. The van der Waals surface area contributed by atoms with Gasteiger partial charge in [-0.3, -0.25) is 0 Å². The SMILES string of the molecule is c1ccc(-c2ccc3[nH]c4c(-c5cccc(-c6cccc7sc8ccccc8c67)c5)cccc4c3c2)cc1. The maximum absolute atomic E-state index is 3.73. The quantitative estimate of drug-likeness (QED) is 0.248. The molecule has 8 rings (SSSR count). The predicted octanol–water partition coefficient (Wildman–Crippen LogP) is 10.7. The van der Waals surface area contributed by atoms with Crippen LogP contribution in [-0.4, -0.2) is 4.98 Å². The molecule has 0 saturated carbocycles. The Hall–Kier alpha value is -4.66. The first-order chi connectivity index (χ1) is 18.8. The summed E-state index contributed by atoms with van der Waals surface area (Å²) in [6.07, 6.45) is 0. The third kappa shape index (κ3) is 3.31. The lowest BCUT2D eigenvalue weighted by atomic mass is 9.95. The Morgan fingerprint density at radius 3 is 2.03 bits per heavy atom. The zero-order valence-electron chi connectivity index (χ0n) is 20.6. The number of rotatable bonds is 3. The fraction of sp³-hybridized carbons (Fsp3) is 0. The second kappa shape index (κ2) is 8.44. The van der Waals surface area contributed by atoms with Gasteiger partial charge in [0, 0.05) is 42.0 Å². The highest BCUT2D eigenvalue weighted by molar-refractivity contribution is 7.25. The summed E-state index contributed by atoms with van der Waals surface area (Å²) in [6.45, 7) is 0. The van der Waals surface area contributed by atoms with Gasteiger partial charge in [-0.05, 0) is 58.1 Å². The average molecular weight is 502 g/mol. The van der Waals surface area contributed by atoms with Gasteiger partial charge in [0.25, 0.3) is 0 Å². The van der Waals surface area contributed by atoms with E-state index in [2.05, 4.69) is 138 Å². The Morgan fingerprint density at radius 1 is 0.421 bits per heavy atom. The molecule has 0 unspecified atom stereocenters. The highest BCUT2D eigenvalue weighted by atomic mass is 32.1. The van der Waals surface area contributed by atoms with Crippen LogP contribution in [0.3, 0.4) is 0 Å². The lowest BCUT2D eigenvalue weighted by Crippen LogP contribution is -1.84. The van der Waals surface area contributed by atoms with Crippen molar-refractivity contribution < 1.29 is 0 Å². The summed E-state index contributed by atoms with van der Waals surface area (Å²) >= 11 is 1.87. The Bertz CT molecular complexity index is 2130. The molecule has 0 fully saturated rings. The summed E-state index contributed by atoms with van der Waals surface area (Å²) in [7, 11) is 0. The summed E-state index contributed by atoms with van der Waals surface area (Å²) in [5.41, 5.74) is 9.81. The molecule has 2 aromatic heterocycles. The Morgan fingerprint density at radius 2 is 1.11 bits per heavy atom. The van der Waals surface area contributed by atoms with E-state index in [4.69, 9.17) is 0 Å². The Labute approximate surface area is 224 Å². The van der Waals surface area contributed by atoms with Crippen molar-refractivity contribution in [2.45, 2.75) is 0 Å². The van der Waals surface area contributed by atoms with E-state index in [1.807, 2.05) is 11.3 Å². The second-order valence-electron chi connectivity index (χ2n) is 9.84. The van der Waals surface area contributed by atoms with Gasteiger partial charge in [0.05, 0.1) is 5.52 Å². The van der Waals surface area contributed by atoms with E-state index in [-0.39, 0.29) is 0 Å². The van der Waals surface area contributed by atoms with E-state index < -0.39 is 0 Å². The van der Waals surface area contributed by atoms with Crippen LogP contribution in [-0.2, 0) is 0 Å². The zero-order valence-corrected chi connectivity index (χ0v) is 21.4. The third-order valence-electron chi connectivity index (χ3n) is 7.63. The van der Waals surface area contributed by atoms with Crippen LogP contribution in [0.25, 0.3) is 75.4 Å². The van der Waals surface area contributed by atoms with Crippen LogP contribution in [0.4, 0.5) is 0 Å². The molecule has 1 N–H and O–H groups in total. The summed E-state index contributed by atoms with van der Waals surface area (Å²) < 4.78 is 2.67. The number of hydrogen-bond donors (Lipinski definition) is 1. The lowest BCUT2D eigenvalue weighted by Gasteiger charge is -2.09. The molecule has 38 heavy (non-hydrogen) atoms. The van der Waals surface area contributed by atoms with Gasteiger partial charge in [-0.1, -0.05) is 103 Å². The van der Waals surface area contributed by atoms with E-state index >= 15 is 0 Å². The first kappa shape index (κ1) is 21.4. The smallest absolute Gasteiger partial charge is 0.0544 e. The molecule has 1 nitrogen and oxygen atoms in total. The second-order valence-corrected chi connectivity index (χ2v) is 10.9. The lowest BCUT2D eigenvalue weighted by molar-refractivity contribution is 1.53. The molecule has 178 valence electrons. The molecule has 2 heteroatoms. The van der Waals surface area contributed by atoms with E-state index in [1.165, 1.54) is 69.8 Å². The highest BCUT2D eigenvalue weighted by Gasteiger charge is 2.14. The van der Waals surface area contributed by atoms with Gasteiger partial charge >= 0.3 is 0 Å². The van der Waals surface area contributed by atoms with Crippen LogP contribution in [0.5, 0.6) is 0 Å². The molecule has 0 radical (unpaired) electrons. The van der Waals surface area contributed by atoms with Gasteiger partial charge in [0.15, 0.2) is 0 Å². The van der Waals surface area contributed by atoms with Gasteiger partial charge in [-0.25, -0.2) is 0 Å². The number of nitrogens with one attached hydrogen (secondary N) is 1. The maximum atomic E-state index is 3.73. The topological polar surface area (TPSA) is 15.8 Å². The van der Waals surface area contributed by atoms with Crippen LogP contribution in [0.1, 0.15) is 0 Å². The molecule has 0 saturated heterocycles. The van der Waals surface area contributed by atoms with Crippen molar-refractivity contribution in [1.29, 1.82) is 0 Å². The molecule has 0 aliphatic rings. The van der Waals surface area contributed by atoms with Crippen molar-refractivity contribution >= 4 is 53.3 Å². The average Bonchev–Trinajstić information content (AvgIpc) is 3.55. The Kier molecular flexibility index (Phi) is 4.76. The first-order valence-corrected chi connectivity index (χ1v) is 13.8. The van der Waals surface area contributed by atoms with Gasteiger partial charge in [-0.2, -0.15) is 0 Å². The monoisotopic (exact) mass is 501 g/mol. The predicted molar refractivity (Wildman–Crippen MR) is 165 cm³/mol. The largest absolute Gasteiger partial charge is 0.354 e. The summed E-state index contributed by atoms with van der Waals surface area (Å²) in [6, 6.07) is 48.4. The van der Waals surface area contributed by atoms with Crippen molar-refractivity contribution in [3.63, 3.8) is 0 Å². The van der Waals surface area contributed by atoms with Gasteiger partial charge < -0.3 is 4.98 Å². The minimum absolute atomic E-state index is 1.16. The number of thiophene rings is 1. The van der Waals surface area contributed by atoms with Gasteiger partial charge in [0.1, 0.15) is 0 Å². The molecular weight excluding hydrogens is 478 g/mol. The van der Waals surface area contributed by atoms with Crippen LogP contribution < -0.4 is 0 Å². The van der Waals surface area contributed by atoms with Crippen molar-refractivity contribution in [3.8, 4) is 33.4 Å². The molecule has 2 heterocycles. The molecule has 6 aromatic carbocycles. The van der Waals surface area contributed by atoms with Crippen LogP contribution in [0, 0.1) is 0 Å². The third-order valence-corrected chi connectivity index (χ3v) is 8.76. The number of aromatic nitrogens is 1. The molecule has 8 aromatic rings. The number of aromatic amines is 1. The van der Waals surface area contributed by atoms with Crippen molar-refractivity contribution in [1.82, 2.24) is 4.98 Å². The van der Waals surface area contributed by atoms with E-state index in [1.54, 1.807) is 0 Å². The van der Waals surface area contributed by atoms with E-state index in [9.17, 15) is 0 Å². The van der Waals surface area contributed by atoms with Crippen LogP contribution in [0.15, 0.2) is 133 Å². The van der Waals surface area contributed by atoms with Gasteiger partial charge in [0.2, 0.25) is 0 Å². The van der Waals surface area contributed by atoms with Crippen molar-refractivity contribution in [3.05, 3.63) is 133 Å². The molecule has 0 aliphatic heterocycles. The minimum Gasteiger partial charge on any atom is -0.354 e. The number of hydrogen-bond acceptors (Lipinski definition) is 1.